The highest BCUT2D eigenvalue weighted by Crippen LogP contribution is 2.42. The van der Waals surface area contributed by atoms with Gasteiger partial charge in [-0.05, 0) is 85.7 Å². The van der Waals surface area contributed by atoms with E-state index in [1.807, 2.05) is 30.3 Å². The molecule has 2 atom stereocenters. The molecule has 216 valence electrons. The number of amides is 1. The second-order valence-electron chi connectivity index (χ2n) is 13.0. The molecule has 1 N–H and O–H groups in total. The lowest BCUT2D eigenvalue weighted by Crippen LogP contribution is -2.53. The van der Waals surface area contributed by atoms with Gasteiger partial charge in [0.1, 0.15) is 13.2 Å². The first-order chi connectivity index (χ1) is 19.0. The van der Waals surface area contributed by atoms with E-state index in [1.54, 1.807) is 0 Å². The number of rotatable bonds is 9. The zero-order valence-electron chi connectivity index (χ0n) is 24.6. The van der Waals surface area contributed by atoms with Crippen LogP contribution in [0.15, 0.2) is 42.5 Å². The van der Waals surface area contributed by atoms with Gasteiger partial charge in [-0.1, -0.05) is 51.1 Å². The molecular weight excluding hydrogens is 520 g/mol. The maximum absolute atomic E-state index is 13.6. The van der Waals surface area contributed by atoms with E-state index in [0.717, 1.165) is 48.4 Å². The fourth-order valence-corrected chi connectivity index (χ4v) is 7.03. The van der Waals surface area contributed by atoms with Crippen LogP contribution < -0.4 is 14.8 Å². The summed E-state index contributed by atoms with van der Waals surface area (Å²) in [5.41, 5.74) is 3.26. The van der Waals surface area contributed by atoms with E-state index in [-0.39, 0.29) is 16.7 Å². The fourth-order valence-electron chi connectivity index (χ4n) is 5.74. The molecule has 2 aromatic rings. The van der Waals surface area contributed by atoms with E-state index in [9.17, 15) is 9.59 Å². The summed E-state index contributed by atoms with van der Waals surface area (Å²) in [6.07, 6.45) is 3.07. The van der Waals surface area contributed by atoms with E-state index in [1.165, 1.54) is 0 Å². The molecular formula is C32H44N2O5Si. The van der Waals surface area contributed by atoms with Crippen LogP contribution in [0.4, 0.5) is 0 Å². The highest BCUT2D eigenvalue weighted by atomic mass is 28.4. The molecule has 5 rings (SSSR count). The zero-order valence-corrected chi connectivity index (χ0v) is 25.6. The summed E-state index contributed by atoms with van der Waals surface area (Å²) in [4.78, 5) is 29.5. The number of hydrogen-bond donors (Lipinski definition) is 1. The van der Waals surface area contributed by atoms with Gasteiger partial charge in [0, 0.05) is 12.5 Å². The van der Waals surface area contributed by atoms with Gasteiger partial charge in [0.05, 0.1) is 12.1 Å². The average molecular weight is 565 g/mol. The van der Waals surface area contributed by atoms with Crippen molar-refractivity contribution in [2.24, 2.45) is 5.92 Å². The van der Waals surface area contributed by atoms with Crippen LogP contribution >= 0.6 is 0 Å². The van der Waals surface area contributed by atoms with Crippen LogP contribution in [0.25, 0.3) is 0 Å². The van der Waals surface area contributed by atoms with Crippen LogP contribution in [-0.4, -0.2) is 63.8 Å². The molecule has 0 aromatic heterocycles. The van der Waals surface area contributed by atoms with Crippen LogP contribution in [0.3, 0.4) is 0 Å². The number of nitrogens with one attached hydrogen (secondary N) is 1. The molecule has 0 bridgehead atoms. The van der Waals surface area contributed by atoms with Crippen molar-refractivity contribution in [3.05, 3.63) is 59.2 Å². The molecule has 2 aliphatic heterocycles. The number of nitrogens with zero attached hydrogens (tertiary/aromatic N) is 1. The molecule has 1 fully saturated rings. The molecule has 0 radical (unpaired) electrons. The van der Waals surface area contributed by atoms with Gasteiger partial charge >= 0.3 is 0 Å². The standard InChI is InChI=1S/C32H44N2O5Si/c1-32(2,3)40(4,5)39-30(24-12-13-27-28(20-24)38-17-16-37-27)26(21-34-14-8-9-15-34)33-31(36)29(35)25-18-22-10-6-7-11-23(22)19-25/h6-7,10-13,20,25-26,30H,8-9,14-19,21H2,1-5H3,(H,33,36)/t26-,30-/m1/s1. The van der Waals surface area contributed by atoms with E-state index in [2.05, 4.69) is 56.2 Å². The number of likely N-dealkylation sites (tertiary alicyclic amines) is 1. The Kier molecular flexibility index (Phi) is 8.41. The third kappa shape index (κ3) is 6.29. The summed E-state index contributed by atoms with van der Waals surface area (Å²) in [6, 6.07) is 13.6. The van der Waals surface area contributed by atoms with Crippen LogP contribution in [0, 0.1) is 5.92 Å². The molecule has 1 saturated heterocycles. The summed E-state index contributed by atoms with van der Waals surface area (Å²) in [7, 11) is -2.28. The molecule has 1 aliphatic carbocycles. The monoisotopic (exact) mass is 564 g/mol. The Morgan fingerprint density at radius 1 is 1.00 bits per heavy atom. The van der Waals surface area contributed by atoms with E-state index < -0.39 is 26.4 Å². The number of ether oxygens (including phenoxy) is 2. The van der Waals surface area contributed by atoms with Crippen molar-refractivity contribution < 1.29 is 23.5 Å². The Balaban J connectivity index is 1.44. The van der Waals surface area contributed by atoms with Gasteiger partial charge in [-0.15, -0.1) is 0 Å². The molecule has 0 saturated carbocycles. The SMILES string of the molecule is CC(C)(C)[Si](C)(C)O[C@H](c1ccc2c(c1)OCCO2)[C@@H](CN1CCCC1)NC(=O)C(=O)C1Cc2ccccc2C1. The number of Topliss-reactive ketones (excluding diaryl/α,β-unsaturated/α-hetero) is 1. The van der Waals surface area contributed by atoms with Crippen molar-refractivity contribution in [2.75, 3.05) is 32.8 Å². The highest BCUT2D eigenvalue weighted by Gasteiger charge is 2.43. The van der Waals surface area contributed by atoms with Gasteiger partial charge in [-0.25, -0.2) is 0 Å². The quantitative estimate of drug-likeness (QED) is 0.338. The molecule has 1 amide bonds. The third-order valence-corrected chi connectivity index (χ3v) is 13.6. The summed E-state index contributed by atoms with van der Waals surface area (Å²) in [5, 5.41) is 3.16. The van der Waals surface area contributed by atoms with Gasteiger partial charge in [0.25, 0.3) is 5.91 Å². The predicted octanol–water partition coefficient (Wildman–Crippen LogP) is 5.09. The Labute approximate surface area is 239 Å². The maximum atomic E-state index is 13.6. The average Bonchev–Trinajstić information content (AvgIpc) is 3.60. The van der Waals surface area contributed by atoms with Crippen LogP contribution in [-0.2, 0) is 26.9 Å². The predicted molar refractivity (Wildman–Crippen MR) is 158 cm³/mol. The molecule has 0 unspecified atom stereocenters. The van der Waals surface area contributed by atoms with Gasteiger partial charge in [0.2, 0.25) is 5.78 Å². The smallest absolute Gasteiger partial charge is 0.288 e. The summed E-state index contributed by atoms with van der Waals surface area (Å²) in [5.74, 6) is 0.244. The minimum Gasteiger partial charge on any atom is -0.486 e. The minimum atomic E-state index is -2.28. The van der Waals surface area contributed by atoms with Crippen LogP contribution in [0.2, 0.25) is 18.1 Å². The number of benzene rings is 2. The van der Waals surface area contributed by atoms with Gasteiger partial charge < -0.3 is 24.1 Å². The Hall–Kier alpha value is -2.68. The molecule has 2 heterocycles. The largest absolute Gasteiger partial charge is 0.486 e. The van der Waals surface area contributed by atoms with E-state index in [4.69, 9.17) is 13.9 Å². The lowest BCUT2D eigenvalue weighted by atomic mass is 9.98. The maximum Gasteiger partial charge on any atom is 0.288 e. The molecule has 8 heteroatoms. The highest BCUT2D eigenvalue weighted by molar-refractivity contribution is 6.74. The Bertz CT molecular complexity index is 1210. The third-order valence-electron chi connectivity index (χ3n) is 9.10. The Morgan fingerprint density at radius 2 is 1.62 bits per heavy atom. The molecule has 0 spiro atoms. The lowest BCUT2D eigenvalue weighted by molar-refractivity contribution is -0.141. The fraction of sp³-hybridized carbons (Fsp3) is 0.562. The molecule has 7 nitrogen and oxygen atoms in total. The summed E-state index contributed by atoms with van der Waals surface area (Å²) >= 11 is 0. The van der Waals surface area contributed by atoms with E-state index >= 15 is 0 Å². The van der Waals surface area contributed by atoms with Crippen molar-refractivity contribution in [3.63, 3.8) is 0 Å². The minimum absolute atomic E-state index is 0.0350. The number of carbonyl (C=O) groups excluding carboxylic acids is 2. The zero-order chi connectivity index (χ0) is 28.5. The molecule has 2 aromatic carbocycles. The number of hydrogen-bond acceptors (Lipinski definition) is 6. The first-order valence-electron chi connectivity index (χ1n) is 14.7. The van der Waals surface area contributed by atoms with Crippen molar-refractivity contribution in [2.45, 2.75) is 76.7 Å². The molecule has 40 heavy (non-hydrogen) atoms. The van der Waals surface area contributed by atoms with Crippen molar-refractivity contribution in [1.29, 1.82) is 0 Å². The van der Waals surface area contributed by atoms with Crippen LogP contribution in [0.1, 0.15) is 56.4 Å². The van der Waals surface area contributed by atoms with E-state index in [0.29, 0.717) is 38.3 Å². The number of ketones is 1. The summed E-state index contributed by atoms with van der Waals surface area (Å²) in [6.45, 7) is 14.7. The lowest BCUT2D eigenvalue weighted by Gasteiger charge is -2.42. The van der Waals surface area contributed by atoms with Crippen molar-refractivity contribution in [3.8, 4) is 11.5 Å². The normalized spacial score (nSPS) is 19.2. The van der Waals surface area contributed by atoms with Crippen molar-refractivity contribution in [1.82, 2.24) is 10.2 Å². The second-order valence-corrected chi connectivity index (χ2v) is 17.8. The molecule has 3 aliphatic rings. The van der Waals surface area contributed by atoms with Crippen LogP contribution in [0.5, 0.6) is 11.5 Å². The van der Waals surface area contributed by atoms with Gasteiger partial charge in [-0.2, -0.15) is 0 Å². The second kappa shape index (κ2) is 11.7. The number of carbonyl (C=O) groups is 2. The number of fused-ring (bicyclic) bond motifs is 2. The summed E-state index contributed by atoms with van der Waals surface area (Å²) < 4.78 is 18.8. The Morgan fingerprint density at radius 3 is 2.25 bits per heavy atom. The first kappa shape index (κ1) is 28.8. The van der Waals surface area contributed by atoms with Gasteiger partial charge in [0.15, 0.2) is 19.8 Å². The topological polar surface area (TPSA) is 77.1 Å². The first-order valence-corrected chi connectivity index (χ1v) is 17.6. The van der Waals surface area contributed by atoms with Gasteiger partial charge in [-0.3, -0.25) is 9.59 Å². The van der Waals surface area contributed by atoms with Crippen molar-refractivity contribution >= 4 is 20.0 Å².